The Hall–Kier alpha value is -1.34. The lowest BCUT2D eigenvalue weighted by Gasteiger charge is -2.22. The van der Waals surface area contributed by atoms with Crippen LogP contribution in [0.4, 0.5) is 0 Å². The standard InChI is InChI=1S/C20H28N4OS2/c1-2-24-19(16-12-26-17-11-7-6-10-15(16)17)22-23-20(24)27-13-18(25)21-14-8-4-3-5-9-14/h12,14H,2-11,13H2,1H3,(H,21,25). The van der Waals surface area contributed by atoms with Gasteiger partial charge in [0, 0.05) is 28.4 Å². The van der Waals surface area contributed by atoms with E-state index >= 15 is 0 Å². The Morgan fingerprint density at radius 2 is 2.04 bits per heavy atom. The minimum atomic E-state index is 0.118. The van der Waals surface area contributed by atoms with Gasteiger partial charge < -0.3 is 9.88 Å². The maximum Gasteiger partial charge on any atom is 0.230 e. The van der Waals surface area contributed by atoms with E-state index in [1.165, 1.54) is 66.3 Å². The molecule has 0 bridgehead atoms. The summed E-state index contributed by atoms with van der Waals surface area (Å²) in [4.78, 5) is 13.8. The van der Waals surface area contributed by atoms with Gasteiger partial charge in [0.15, 0.2) is 11.0 Å². The van der Waals surface area contributed by atoms with Gasteiger partial charge in [-0.1, -0.05) is 31.0 Å². The number of nitrogens with one attached hydrogen (secondary N) is 1. The van der Waals surface area contributed by atoms with Crippen molar-refractivity contribution < 1.29 is 4.79 Å². The molecule has 1 saturated carbocycles. The summed E-state index contributed by atoms with van der Waals surface area (Å²) in [6, 6.07) is 0.365. The summed E-state index contributed by atoms with van der Waals surface area (Å²) < 4.78 is 2.16. The number of aromatic nitrogens is 3. The lowest BCUT2D eigenvalue weighted by atomic mass is 9.95. The van der Waals surface area contributed by atoms with Crippen LogP contribution >= 0.6 is 23.1 Å². The molecule has 0 unspecified atom stereocenters. The van der Waals surface area contributed by atoms with Gasteiger partial charge >= 0.3 is 0 Å². The van der Waals surface area contributed by atoms with Crippen LogP contribution in [-0.2, 0) is 24.2 Å². The number of nitrogens with zero attached hydrogens (tertiary/aromatic N) is 3. The number of thioether (sulfide) groups is 1. The van der Waals surface area contributed by atoms with E-state index in [1.807, 2.05) is 11.3 Å². The average molecular weight is 405 g/mol. The van der Waals surface area contributed by atoms with Crippen molar-refractivity contribution >= 4 is 29.0 Å². The number of carbonyl (C=O) groups is 1. The van der Waals surface area contributed by atoms with Crippen LogP contribution in [0.5, 0.6) is 0 Å². The van der Waals surface area contributed by atoms with E-state index in [0.717, 1.165) is 36.8 Å². The smallest absolute Gasteiger partial charge is 0.230 e. The van der Waals surface area contributed by atoms with Gasteiger partial charge in [-0.3, -0.25) is 4.79 Å². The van der Waals surface area contributed by atoms with Crippen LogP contribution in [-0.4, -0.2) is 32.5 Å². The molecule has 5 nitrogen and oxygen atoms in total. The Kier molecular flexibility index (Phi) is 6.18. The Morgan fingerprint density at radius 3 is 2.85 bits per heavy atom. The average Bonchev–Trinajstić information content (AvgIpc) is 3.30. The summed E-state index contributed by atoms with van der Waals surface area (Å²) >= 11 is 3.37. The quantitative estimate of drug-likeness (QED) is 0.723. The maximum atomic E-state index is 12.3. The zero-order valence-electron chi connectivity index (χ0n) is 16.0. The van der Waals surface area contributed by atoms with E-state index in [9.17, 15) is 4.79 Å². The maximum absolute atomic E-state index is 12.3. The van der Waals surface area contributed by atoms with Crippen LogP contribution in [0, 0.1) is 0 Å². The number of aryl methyl sites for hydroxylation is 1. The zero-order chi connectivity index (χ0) is 18.6. The fourth-order valence-electron chi connectivity index (χ4n) is 4.21. The third-order valence-electron chi connectivity index (χ3n) is 5.64. The van der Waals surface area contributed by atoms with Crippen molar-refractivity contribution in [1.29, 1.82) is 0 Å². The summed E-state index contributed by atoms with van der Waals surface area (Å²) in [6.45, 7) is 2.94. The third-order valence-corrected chi connectivity index (χ3v) is 7.69. The van der Waals surface area contributed by atoms with Crippen LogP contribution in [0.15, 0.2) is 10.5 Å². The molecule has 4 rings (SSSR count). The highest BCUT2D eigenvalue weighted by Crippen LogP contribution is 2.36. The van der Waals surface area contributed by atoms with E-state index in [-0.39, 0.29) is 5.91 Å². The second kappa shape index (κ2) is 8.78. The van der Waals surface area contributed by atoms with Gasteiger partial charge in [-0.25, -0.2) is 0 Å². The van der Waals surface area contributed by atoms with Gasteiger partial charge in [0.05, 0.1) is 5.75 Å². The number of thiophene rings is 1. The number of hydrogen-bond donors (Lipinski definition) is 1. The van der Waals surface area contributed by atoms with Gasteiger partial charge in [-0.2, -0.15) is 0 Å². The Bertz CT molecular complexity index is 792. The van der Waals surface area contributed by atoms with Crippen molar-refractivity contribution in [2.45, 2.75) is 82.5 Å². The summed E-state index contributed by atoms with van der Waals surface area (Å²) in [6.07, 6.45) is 10.9. The number of carbonyl (C=O) groups excluding carboxylic acids is 1. The van der Waals surface area contributed by atoms with Crippen molar-refractivity contribution in [2.24, 2.45) is 0 Å². The molecule has 0 radical (unpaired) electrons. The lowest BCUT2D eigenvalue weighted by molar-refractivity contribution is -0.119. The van der Waals surface area contributed by atoms with Gasteiger partial charge in [0.2, 0.25) is 5.91 Å². The molecule has 0 atom stereocenters. The molecule has 146 valence electrons. The number of rotatable bonds is 6. The predicted octanol–water partition coefficient (Wildman–Crippen LogP) is 4.45. The Morgan fingerprint density at radius 1 is 1.22 bits per heavy atom. The second-order valence-electron chi connectivity index (χ2n) is 7.50. The predicted molar refractivity (Wildman–Crippen MR) is 111 cm³/mol. The van der Waals surface area contributed by atoms with Crippen molar-refractivity contribution in [3.63, 3.8) is 0 Å². The fraction of sp³-hybridized carbons (Fsp3) is 0.650. The number of amides is 1. The van der Waals surface area contributed by atoms with Gasteiger partial charge in [-0.15, -0.1) is 21.5 Å². The van der Waals surface area contributed by atoms with E-state index in [4.69, 9.17) is 0 Å². The Labute approximate surface area is 169 Å². The topological polar surface area (TPSA) is 59.8 Å². The molecule has 27 heavy (non-hydrogen) atoms. The minimum absolute atomic E-state index is 0.118. The molecule has 0 saturated heterocycles. The van der Waals surface area contributed by atoms with E-state index in [0.29, 0.717) is 11.8 Å². The highest BCUT2D eigenvalue weighted by atomic mass is 32.2. The third kappa shape index (κ3) is 4.24. The van der Waals surface area contributed by atoms with E-state index in [2.05, 4.69) is 32.4 Å². The molecular weight excluding hydrogens is 376 g/mol. The molecule has 2 aromatic rings. The van der Waals surface area contributed by atoms with E-state index in [1.54, 1.807) is 0 Å². The summed E-state index contributed by atoms with van der Waals surface area (Å²) in [5, 5.41) is 15.2. The first kappa shape index (κ1) is 19.0. The molecule has 2 aliphatic carbocycles. The second-order valence-corrected chi connectivity index (χ2v) is 9.41. The molecule has 2 aromatic heterocycles. The summed E-state index contributed by atoms with van der Waals surface area (Å²) in [5.41, 5.74) is 2.72. The molecule has 2 heterocycles. The highest BCUT2D eigenvalue weighted by Gasteiger charge is 2.22. The van der Waals surface area contributed by atoms with Crippen molar-refractivity contribution in [3.8, 4) is 11.4 Å². The molecule has 2 aliphatic rings. The normalized spacial score (nSPS) is 17.7. The molecule has 7 heteroatoms. The first-order chi connectivity index (χ1) is 13.3. The van der Waals surface area contributed by atoms with Crippen LogP contribution in [0.1, 0.15) is 62.3 Å². The monoisotopic (exact) mass is 404 g/mol. The largest absolute Gasteiger partial charge is 0.353 e. The van der Waals surface area contributed by atoms with Crippen LogP contribution in [0.25, 0.3) is 11.4 Å². The first-order valence-corrected chi connectivity index (χ1v) is 12.1. The van der Waals surface area contributed by atoms with Crippen LogP contribution < -0.4 is 5.32 Å². The molecule has 1 fully saturated rings. The first-order valence-electron chi connectivity index (χ1n) is 10.2. The molecule has 1 amide bonds. The van der Waals surface area contributed by atoms with Crippen LogP contribution in [0.2, 0.25) is 0 Å². The molecule has 0 aliphatic heterocycles. The summed E-state index contributed by atoms with van der Waals surface area (Å²) in [5.74, 6) is 1.50. The van der Waals surface area contributed by atoms with Gasteiger partial charge in [0.1, 0.15) is 0 Å². The molecule has 0 aromatic carbocycles. The summed E-state index contributed by atoms with van der Waals surface area (Å²) in [7, 11) is 0. The lowest BCUT2D eigenvalue weighted by Crippen LogP contribution is -2.37. The highest BCUT2D eigenvalue weighted by molar-refractivity contribution is 7.99. The number of fused-ring (bicyclic) bond motifs is 1. The van der Waals surface area contributed by atoms with Crippen LogP contribution in [0.3, 0.4) is 0 Å². The van der Waals surface area contributed by atoms with Crippen molar-refractivity contribution in [2.75, 3.05) is 5.75 Å². The molecule has 1 N–H and O–H groups in total. The minimum Gasteiger partial charge on any atom is -0.353 e. The fourth-order valence-corrected chi connectivity index (χ4v) is 6.15. The van der Waals surface area contributed by atoms with Crippen molar-refractivity contribution in [3.05, 3.63) is 15.8 Å². The molecular formula is C20H28N4OS2. The van der Waals surface area contributed by atoms with Gasteiger partial charge in [0.25, 0.3) is 0 Å². The van der Waals surface area contributed by atoms with E-state index < -0.39 is 0 Å². The molecule has 0 spiro atoms. The SMILES string of the molecule is CCn1c(SCC(=O)NC2CCCCC2)nnc1-c1csc2c1CCCC2. The van der Waals surface area contributed by atoms with Gasteiger partial charge in [-0.05, 0) is 51.0 Å². The van der Waals surface area contributed by atoms with Crippen molar-refractivity contribution in [1.82, 2.24) is 20.1 Å². The number of hydrogen-bond acceptors (Lipinski definition) is 5. The Balaban J connectivity index is 1.43. The zero-order valence-corrected chi connectivity index (χ0v) is 17.6.